The van der Waals surface area contributed by atoms with Gasteiger partial charge in [0, 0.05) is 11.1 Å². The number of hydrogen-bond acceptors (Lipinski definition) is 7. The predicted octanol–water partition coefficient (Wildman–Crippen LogP) is 9.51. The van der Waals surface area contributed by atoms with E-state index in [1.165, 1.54) is 29.5 Å². The molecule has 0 N–H and O–H groups in total. The molecular formula is C27H13ClF3N2O3S2. The molecule has 6 rings (SSSR count). The summed E-state index contributed by atoms with van der Waals surface area (Å²) in [7, 11) is 0. The molecule has 0 amide bonds. The maximum Gasteiger partial charge on any atom is 0.573 e. The molecule has 0 unspecified atom stereocenters. The number of benzene rings is 4. The van der Waals surface area contributed by atoms with Crippen LogP contribution in [0.3, 0.4) is 0 Å². The van der Waals surface area contributed by atoms with E-state index in [4.69, 9.17) is 21.1 Å². The average Bonchev–Trinajstić information content (AvgIpc) is 3.45. The van der Waals surface area contributed by atoms with Crippen molar-refractivity contribution in [1.82, 2.24) is 9.97 Å². The van der Waals surface area contributed by atoms with Crippen molar-refractivity contribution in [2.24, 2.45) is 0 Å². The Labute approximate surface area is 226 Å². The first-order valence-corrected chi connectivity index (χ1v) is 13.0. The van der Waals surface area contributed by atoms with Crippen LogP contribution in [0, 0.1) is 6.07 Å². The summed E-state index contributed by atoms with van der Waals surface area (Å²) in [6.45, 7) is 0. The summed E-state index contributed by atoms with van der Waals surface area (Å²) in [5.74, 6) is 0.840. The first-order chi connectivity index (χ1) is 18.3. The number of rotatable bonds is 6. The molecule has 0 saturated heterocycles. The minimum Gasteiger partial charge on any atom is -0.431 e. The van der Waals surface area contributed by atoms with E-state index in [1.54, 1.807) is 30.3 Å². The van der Waals surface area contributed by atoms with Crippen LogP contribution in [0.15, 0.2) is 78.9 Å². The lowest BCUT2D eigenvalue weighted by Crippen LogP contribution is -2.16. The molecule has 189 valence electrons. The van der Waals surface area contributed by atoms with Gasteiger partial charge in [-0.25, -0.2) is 9.97 Å². The van der Waals surface area contributed by atoms with Crippen molar-refractivity contribution in [3.05, 3.63) is 90.0 Å². The van der Waals surface area contributed by atoms with Crippen LogP contribution >= 0.6 is 34.3 Å². The van der Waals surface area contributed by atoms with E-state index in [1.807, 2.05) is 30.3 Å². The van der Waals surface area contributed by atoms with Gasteiger partial charge in [0.05, 0.1) is 20.4 Å². The molecule has 5 nitrogen and oxygen atoms in total. The van der Waals surface area contributed by atoms with Crippen LogP contribution in [0.1, 0.15) is 0 Å². The summed E-state index contributed by atoms with van der Waals surface area (Å²) in [4.78, 5) is 8.81. The number of thiazole rings is 2. The molecule has 38 heavy (non-hydrogen) atoms. The summed E-state index contributed by atoms with van der Waals surface area (Å²) in [6, 6.07) is 25.4. The highest BCUT2D eigenvalue weighted by Gasteiger charge is 2.31. The van der Waals surface area contributed by atoms with Crippen molar-refractivity contribution >= 4 is 54.7 Å². The van der Waals surface area contributed by atoms with Crippen LogP contribution in [0.25, 0.3) is 31.6 Å². The van der Waals surface area contributed by atoms with Crippen LogP contribution in [-0.2, 0) is 0 Å². The van der Waals surface area contributed by atoms with Crippen LogP contribution in [-0.4, -0.2) is 16.3 Å². The second-order valence-corrected chi connectivity index (χ2v) is 10.3. The summed E-state index contributed by atoms with van der Waals surface area (Å²) < 4.78 is 54.7. The van der Waals surface area contributed by atoms with Crippen molar-refractivity contribution in [2.75, 3.05) is 0 Å². The van der Waals surface area contributed by atoms with E-state index < -0.39 is 6.36 Å². The summed E-state index contributed by atoms with van der Waals surface area (Å²) in [5, 5.41) is 1.46. The second-order valence-electron chi connectivity index (χ2n) is 7.92. The fourth-order valence-electron chi connectivity index (χ4n) is 3.63. The number of halogens is 4. The molecule has 6 aromatic rings. The summed E-state index contributed by atoms with van der Waals surface area (Å²) in [6.07, 6.45) is -4.76. The third-order valence-electron chi connectivity index (χ3n) is 5.25. The van der Waals surface area contributed by atoms with Gasteiger partial charge in [-0.1, -0.05) is 52.5 Å². The Balaban J connectivity index is 1.16. The molecule has 2 aromatic heterocycles. The normalized spacial score (nSPS) is 11.7. The molecular weight excluding hydrogens is 557 g/mol. The topological polar surface area (TPSA) is 53.5 Å². The quantitative estimate of drug-likeness (QED) is 0.200. The van der Waals surface area contributed by atoms with Gasteiger partial charge in [0.25, 0.3) is 10.4 Å². The van der Waals surface area contributed by atoms with Gasteiger partial charge in [0.15, 0.2) is 0 Å². The highest BCUT2D eigenvalue weighted by molar-refractivity contribution is 7.20. The largest absolute Gasteiger partial charge is 0.573 e. The summed E-state index contributed by atoms with van der Waals surface area (Å²) >= 11 is 8.59. The monoisotopic (exact) mass is 569 g/mol. The highest BCUT2D eigenvalue weighted by atomic mass is 35.5. The maximum absolute atomic E-state index is 12.5. The molecule has 0 bridgehead atoms. The van der Waals surface area contributed by atoms with Crippen molar-refractivity contribution in [3.8, 4) is 38.8 Å². The first kappa shape index (κ1) is 24.5. The van der Waals surface area contributed by atoms with Crippen molar-refractivity contribution in [3.63, 3.8) is 0 Å². The fourth-order valence-corrected chi connectivity index (χ4v) is 5.60. The number of aromatic nitrogens is 2. The molecule has 4 aromatic carbocycles. The number of nitrogens with zero attached hydrogens (tertiary/aromatic N) is 2. The fraction of sp³-hybridized carbons (Fsp3) is 0.0370. The van der Waals surface area contributed by atoms with E-state index in [-0.39, 0.29) is 5.75 Å². The standard InChI is InChI=1S/C27H13ClF3N2O3S2/c28-17-6-10-21-23(13-17)37-26(32-21)35-19-3-1-2-16(12-19)15-4-7-18(8-5-15)34-25-33-22-11-9-20(14-24(22)38-25)36-27(29,30)31/h1,3-14H. The zero-order chi connectivity index (χ0) is 26.3. The molecule has 0 aliphatic carbocycles. The van der Waals surface area contributed by atoms with Gasteiger partial charge in [-0.3, -0.25) is 0 Å². The number of fused-ring (bicyclic) bond motifs is 2. The predicted molar refractivity (Wildman–Crippen MR) is 142 cm³/mol. The van der Waals surface area contributed by atoms with Gasteiger partial charge in [-0.15, -0.1) is 13.2 Å². The Hall–Kier alpha value is -3.86. The van der Waals surface area contributed by atoms with Crippen molar-refractivity contribution in [1.29, 1.82) is 0 Å². The molecule has 11 heteroatoms. The Morgan fingerprint density at radius 1 is 0.711 bits per heavy atom. The Bertz CT molecular complexity index is 1770. The van der Waals surface area contributed by atoms with Crippen LogP contribution in [0.4, 0.5) is 13.2 Å². The van der Waals surface area contributed by atoms with Crippen molar-refractivity contribution in [2.45, 2.75) is 6.36 Å². The minimum atomic E-state index is -4.76. The van der Waals surface area contributed by atoms with Crippen LogP contribution in [0.2, 0.25) is 5.02 Å². The maximum atomic E-state index is 12.5. The number of alkyl halides is 3. The van der Waals surface area contributed by atoms with E-state index in [0.717, 1.165) is 32.7 Å². The Kier molecular flexibility index (Phi) is 6.30. The van der Waals surface area contributed by atoms with E-state index in [0.29, 0.717) is 37.1 Å². The molecule has 0 fully saturated rings. The van der Waals surface area contributed by atoms with Gasteiger partial charge in [-0.05, 0) is 71.8 Å². The second kappa shape index (κ2) is 9.79. The van der Waals surface area contributed by atoms with Crippen molar-refractivity contribution < 1.29 is 27.4 Å². The summed E-state index contributed by atoms with van der Waals surface area (Å²) in [5.41, 5.74) is 3.03. The first-order valence-electron chi connectivity index (χ1n) is 11.0. The third kappa shape index (κ3) is 5.52. The molecule has 0 atom stereocenters. The molecule has 0 spiro atoms. The van der Waals surface area contributed by atoms with Gasteiger partial charge >= 0.3 is 6.36 Å². The van der Waals surface area contributed by atoms with Crippen LogP contribution < -0.4 is 14.2 Å². The van der Waals surface area contributed by atoms with Gasteiger partial charge in [-0.2, -0.15) is 0 Å². The lowest BCUT2D eigenvalue weighted by molar-refractivity contribution is -0.274. The average molecular weight is 570 g/mol. The van der Waals surface area contributed by atoms with Gasteiger partial charge in [0.1, 0.15) is 17.2 Å². The lowest BCUT2D eigenvalue weighted by atomic mass is 10.1. The highest BCUT2D eigenvalue weighted by Crippen LogP contribution is 2.36. The number of ether oxygens (including phenoxy) is 3. The van der Waals surface area contributed by atoms with Gasteiger partial charge in [0.2, 0.25) is 0 Å². The Morgan fingerprint density at radius 3 is 2.05 bits per heavy atom. The third-order valence-corrected chi connectivity index (χ3v) is 7.28. The van der Waals surface area contributed by atoms with Gasteiger partial charge < -0.3 is 14.2 Å². The lowest BCUT2D eigenvalue weighted by Gasteiger charge is -2.07. The zero-order valence-electron chi connectivity index (χ0n) is 19.0. The van der Waals surface area contributed by atoms with E-state index in [2.05, 4.69) is 20.8 Å². The SMILES string of the molecule is FC(F)(F)Oc1ccc2nc(Oc3ccc(-c4[c]ccc(Oc5nc6ccc(Cl)cc6s5)c4)cc3)sc2c1. The zero-order valence-corrected chi connectivity index (χ0v) is 21.3. The van der Waals surface area contributed by atoms with Crippen LogP contribution in [0.5, 0.6) is 27.6 Å². The van der Waals surface area contributed by atoms with E-state index in [9.17, 15) is 13.2 Å². The minimum absolute atomic E-state index is 0.302. The van der Waals surface area contributed by atoms with E-state index >= 15 is 0 Å². The molecule has 0 saturated carbocycles. The molecule has 2 heterocycles. The smallest absolute Gasteiger partial charge is 0.431 e. The molecule has 0 aliphatic rings. The molecule has 1 radical (unpaired) electrons. The Morgan fingerprint density at radius 2 is 1.34 bits per heavy atom. The molecule has 0 aliphatic heterocycles. The number of hydrogen-bond donors (Lipinski definition) is 0.